The molecule has 1 aliphatic heterocycles. The lowest BCUT2D eigenvalue weighted by Gasteiger charge is -2.29. The normalized spacial score (nSPS) is 16.9. The van der Waals surface area contributed by atoms with E-state index in [1.807, 2.05) is 38.1 Å². The van der Waals surface area contributed by atoms with Crippen LogP contribution >= 0.6 is 0 Å². The van der Waals surface area contributed by atoms with E-state index in [0.717, 1.165) is 49.5 Å². The van der Waals surface area contributed by atoms with Gasteiger partial charge in [-0.25, -0.2) is 0 Å². The Bertz CT molecular complexity index is 692. The molecule has 1 aliphatic rings. The Labute approximate surface area is 142 Å². The molecular weight excluding hydrogens is 306 g/mol. The lowest BCUT2D eigenvalue weighted by molar-refractivity contribution is 0.0342. The fourth-order valence-corrected chi connectivity index (χ4v) is 3.00. The van der Waals surface area contributed by atoms with Crippen LogP contribution in [-0.4, -0.2) is 61.3 Å². The molecule has 1 saturated heterocycles. The minimum absolute atomic E-state index is 0.0788. The van der Waals surface area contributed by atoms with Gasteiger partial charge in [0.05, 0.1) is 19.8 Å². The van der Waals surface area contributed by atoms with E-state index in [1.54, 1.807) is 0 Å². The maximum absolute atomic E-state index is 12.5. The number of rotatable bonds is 6. The molecule has 0 spiro atoms. The summed E-state index contributed by atoms with van der Waals surface area (Å²) >= 11 is 0. The molecule has 0 aliphatic carbocycles. The minimum atomic E-state index is -0.0788. The van der Waals surface area contributed by atoms with E-state index in [9.17, 15) is 4.79 Å². The third kappa shape index (κ3) is 4.07. The van der Waals surface area contributed by atoms with Crippen molar-refractivity contribution in [1.82, 2.24) is 15.2 Å². The molecule has 1 aromatic carbocycles. The molecule has 2 aromatic rings. The van der Waals surface area contributed by atoms with Crippen molar-refractivity contribution in [3.8, 4) is 5.75 Å². The van der Waals surface area contributed by atoms with Crippen molar-refractivity contribution in [3.63, 3.8) is 0 Å². The molecule has 0 saturated carbocycles. The quantitative estimate of drug-likeness (QED) is 0.850. The van der Waals surface area contributed by atoms with Gasteiger partial charge in [0, 0.05) is 42.6 Å². The maximum Gasteiger partial charge on any atom is 0.267 e. The molecule has 24 heavy (non-hydrogen) atoms. The smallest absolute Gasteiger partial charge is 0.267 e. The molecule has 130 valence electrons. The van der Waals surface area contributed by atoms with Crippen molar-refractivity contribution in [1.29, 1.82) is 0 Å². The number of nitrogens with zero attached hydrogens (tertiary/aromatic N) is 1. The first-order chi connectivity index (χ1) is 11.7. The first kappa shape index (κ1) is 16.8. The van der Waals surface area contributed by atoms with E-state index >= 15 is 0 Å². The number of H-pyrrole nitrogens is 1. The number of morpholine rings is 1. The zero-order valence-corrected chi connectivity index (χ0v) is 14.3. The number of amides is 1. The fourth-order valence-electron chi connectivity index (χ4n) is 3.00. The van der Waals surface area contributed by atoms with Crippen molar-refractivity contribution in [3.05, 3.63) is 30.0 Å². The molecule has 6 heteroatoms. The highest BCUT2D eigenvalue weighted by molar-refractivity contribution is 5.98. The van der Waals surface area contributed by atoms with Crippen LogP contribution in [0.4, 0.5) is 0 Å². The van der Waals surface area contributed by atoms with E-state index in [2.05, 4.69) is 15.2 Å². The number of hydrogen-bond acceptors (Lipinski definition) is 4. The second-order valence-electron chi connectivity index (χ2n) is 6.15. The van der Waals surface area contributed by atoms with Crippen LogP contribution in [0.5, 0.6) is 5.75 Å². The zero-order chi connectivity index (χ0) is 16.9. The number of ether oxygens (including phenoxy) is 2. The number of aromatic nitrogens is 1. The number of carbonyl (C=O) groups is 1. The minimum Gasteiger partial charge on any atom is -0.494 e. The summed E-state index contributed by atoms with van der Waals surface area (Å²) < 4.78 is 10.8. The van der Waals surface area contributed by atoms with Gasteiger partial charge >= 0.3 is 0 Å². The van der Waals surface area contributed by atoms with Crippen molar-refractivity contribution >= 4 is 16.8 Å². The van der Waals surface area contributed by atoms with Crippen LogP contribution in [0.1, 0.15) is 24.3 Å². The van der Waals surface area contributed by atoms with Crippen LogP contribution in [0.2, 0.25) is 0 Å². The van der Waals surface area contributed by atoms with E-state index in [1.165, 1.54) is 0 Å². The molecule has 6 nitrogen and oxygen atoms in total. The summed E-state index contributed by atoms with van der Waals surface area (Å²) in [5, 5.41) is 4.06. The highest BCUT2D eigenvalue weighted by atomic mass is 16.5. The van der Waals surface area contributed by atoms with Crippen molar-refractivity contribution < 1.29 is 14.3 Å². The lowest BCUT2D eigenvalue weighted by Crippen LogP contribution is -2.46. The lowest BCUT2D eigenvalue weighted by atomic mass is 10.2. The molecule has 1 atom stereocenters. The van der Waals surface area contributed by atoms with Gasteiger partial charge in [-0.2, -0.15) is 0 Å². The highest BCUT2D eigenvalue weighted by Gasteiger charge is 2.17. The van der Waals surface area contributed by atoms with Crippen LogP contribution in [-0.2, 0) is 4.74 Å². The average molecular weight is 331 g/mol. The number of aromatic amines is 1. The van der Waals surface area contributed by atoms with E-state index in [4.69, 9.17) is 9.47 Å². The van der Waals surface area contributed by atoms with Crippen LogP contribution in [0.3, 0.4) is 0 Å². The Hall–Kier alpha value is -2.05. The molecule has 1 unspecified atom stereocenters. The van der Waals surface area contributed by atoms with E-state index in [0.29, 0.717) is 12.3 Å². The Morgan fingerprint density at radius 2 is 2.17 bits per heavy atom. The molecule has 0 bridgehead atoms. The monoisotopic (exact) mass is 331 g/mol. The van der Waals surface area contributed by atoms with Gasteiger partial charge in [-0.15, -0.1) is 0 Å². The second kappa shape index (κ2) is 7.68. The molecule has 3 rings (SSSR count). The molecule has 2 heterocycles. The topological polar surface area (TPSA) is 66.6 Å². The average Bonchev–Trinajstić information content (AvgIpc) is 2.99. The summed E-state index contributed by atoms with van der Waals surface area (Å²) in [4.78, 5) is 18.0. The number of fused-ring (bicyclic) bond motifs is 1. The zero-order valence-electron chi connectivity index (χ0n) is 14.3. The van der Waals surface area contributed by atoms with Crippen molar-refractivity contribution in [2.45, 2.75) is 19.9 Å². The standard InChI is InChI=1S/C18H25N3O3/c1-3-24-15-5-4-14-10-17(20-16(14)11-15)18(22)19-13(2)12-21-6-8-23-9-7-21/h4-5,10-11,13,20H,3,6-9,12H2,1-2H3,(H,19,22). The van der Waals surface area contributed by atoms with Gasteiger partial charge in [-0.3, -0.25) is 9.69 Å². The fraction of sp³-hybridized carbons (Fsp3) is 0.500. The number of benzene rings is 1. The second-order valence-corrected chi connectivity index (χ2v) is 6.15. The summed E-state index contributed by atoms with van der Waals surface area (Å²) in [6, 6.07) is 7.77. The Kier molecular flexibility index (Phi) is 5.37. The van der Waals surface area contributed by atoms with Gasteiger partial charge in [0.1, 0.15) is 11.4 Å². The summed E-state index contributed by atoms with van der Waals surface area (Å²) in [5.41, 5.74) is 1.49. The van der Waals surface area contributed by atoms with Gasteiger partial charge in [0.25, 0.3) is 5.91 Å². The van der Waals surface area contributed by atoms with Gasteiger partial charge in [-0.05, 0) is 32.0 Å². The Morgan fingerprint density at radius 3 is 2.92 bits per heavy atom. The predicted octanol–water partition coefficient (Wildman–Crippen LogP) is 2.02. The first-order valence-corrected chi connectivity index (χ1v) is 8.52. The molecule has 1 aromatic heterocycles. The summed E-state index contributed by atoms with van der Waals surface area (Å²) in [6.07, 6.45) is 0. The number of nitrogens with one attached hydrogen (secondary N) is 2. The Morgan fingerprint density at radius 1 is 1.38 bits per heavy atom. The molecule has 0 radical (unpaired) electrons. The van der Waals surface area contributed by atoms with Crippen LogP contribution in [0, 0.1) is 0 Å². The first-order valence-electron chi connectivity index (χ1n) is 8.52. The van der Waals surface area contributed by atoms with Crippen LogP contribution in [0.25, 0.3) is 10.9 Å². The number of hydrogen-bond donors (Lipinski definition) is 2. The third-order valence-electron chi connectivity index (χ3n) is 4.16. The predicted molar refractivity (Wildman–Crippen MR) is 93.7 cm³/mol. The molecular formula is C18H25N3O3. The van der Waals surface area contributed by atoms with Gasteiger partial charge in [0.15, 0.2) is 0 Å². The molecule has 1 fully saturated rings. The third-order valence-corrected chi connectivity index (χ3v) is 4.16. The van der Waals surface area contributed by atoms with Crippen molar-refractivity contribution in [2.75, 3.05) is 39.5 Å². The molecule has 2 N–H and O–H groups in total. The van der Waals surface area contributed by atoms with Crippen LogP contribution in [0.15, 0.2) is 24.3 Å². The van der Waals surface area contributed by atoms with E-state index < -0.39 is 0 Å². The van der Waals surface area contributed by atoms with Gasteiger partial charge in [-0.1, -0.05) is 0 Å². The summed E-state index contributed by atoms with van der Waals surface area (Å²) in [7, 11) is 0. The van der Waals surface area contributed by atoms with Gasteiger partial charge in [0.2, 0.25) is 0 Å². The summed E-state index contributed by atoms with van der Waals surface area (Å²) in [6.45, 7) is 8.83. The maximum atomic E-state index is 12.5. The highest BCUT2D eigenvalue weighted by Crippen LogP contribution is 2.21. The summed E-state index contributed by atoms with van der Waals surface area (Å²) in [5.74, 6) is 0.726. The Balaban J connectivity index is 1.62. The molecule has 1 amide bonds. The van der Waals surface area contributed by atoms with Gasteiger partial charge < -0.3 is 19.8 Å². The largest absolute Gasteiger partial charge is 0.494 e. The SMILES string of the molecule is CCOc1ccc2cc(C(=O)NC(C)CN3CCOCC3)[nH]c2c1. The van der Waals surface area contributed by atoms with E-state index in [-0.39, 0.29) is 11.9 Å². The van der Waals surface area contributed by atoms with Crippen LogP contribution < -0.4 is 10.1 Å². The number of carbonyl (C=O) groups excluding carboxylic acids is 1. The van der Waals surface area contributed by atoms with Crippen molar-refractivity contribution in [2.24, 2.45) is 0 Å².